The summed E-state index contributed by atoms with van der Waals surface area (Å²) in [6.07, 6.45) is 2.19. The summed E-state index contributed by atoms with van der Waals surface area (Å²) in [5.41, 5.74) is 0. The molecule has 15 heavy (non-hydrogen) atoms. The summed E-state index contributed by atoms with van der Waals surface area (Å²) in [6.45, 7) is 6.47. The van der Waals surface area contributed by atoms with E-state index in [0.29, 0.717) is 5.92 Å². The molecule has 0 spiro atoms. The number of nitrogens with zero attached hydrogens (tertiary/aromatic N) is 1. The third kappa shape index (κ3) is 3.41. The minimum Gasteiger partial charge on any atom is -0.391 e. The Labute approximate surface area is 91.6 Å². The maximum absolute atomic E-state index is 10.1. The molecule has 2 rings (SSSR count). The van der Waals surface area contributed by atoms with Gasteiger partial charge in [0.2, 0.25) is 0 Å². The first-order chi connectivity index (χ1) is 7.36. The number of hydrogen-bond acceptors (Lipinski definition) is 4. The lowest BCUT2D eigenvalue weighted by atomic mass is 9.93. The predicted octanol–water partition coefficient (Wildman–Crippen LogP) is -0.321. The second-order valence-electron chi connectivity index (χ2n) is 4.59. The molecule has 2 fully saturated rings. The van der Waals surface area contributed by atoms with Gasteiger partial charge in [0, 0.05) is 26.2 Å². The quantitative estimate of drug-likeness (QED) is 0.676. The zero-order valence-electron chi connectivity index (χ0n) is 9.32. The number of rotatable bonds is 3. The number of β-amino-alcohol motifs (C(OH)–C–C–N with tert-alkyl or cyclic N) is 1. The van der Waals surface area contributed by atoms with Crippen LogP contribution in [0.4, 0.5) is 0 Å². The molecule has 0 bridgehead atoms. The van der Waals surface area contributed by atoms with Crippen molar-refractivity contribution in [3.8, 4) is 0 Å². The van der Waals surface area contributed by atoms with Crippen molar-refractivity contribution in [3.05, 3.63) is 0 Å². The molecular weight excluding hydrogens is 192 g/mol. The van der Waals surface area contributed by atoms with Gasteiger partial charge in [-0.15, -0.1) is 0 Å². The molecule has 0 amide bonds. The fourth-order valence-corrected chi connectivity index (χ4v) is 2.40. The van der Waals surface area contributed by atoms with E-state index in [1.807, 2.05) is 0 Å². The van der Waals surface area contributed by atoms with Gasteiger partial charge in [-0.25, -0.2) is 0 Å². The minimum atomic E-state index is -0.170. The number of aliphatic hydroxyl groups excluding tert-OH is 1. The number of nitrogens with one attached hydrogen (secondary N) is 1. The van der Waals surface area contributed by atoms with E-state index in [1.54, 1.807) is 0 Å². The third-order valence-corrected chi connectivity index (χ3v) is 3.43. The highest BCUT2D eigenvalue weighted by atomic mass is 16.5. The van der Waals surface area contributed by atoms with E-state index >= 15 is 0 Å². The van der Waals surface area contributed by atoms with Gasteiger partial charge in [0.25, 0.3) is 0 Å². The van der Waals surface area contributed by atoms with Crippen LogP contribution < -0.4 is 5.32 Å². The Morgan fingerprint density at radius 3 is 2.87 bits per heavy atom. The van der Waals surface area contributed by atoms with Crippen LogP contribution in [0.1, 0.15) is 12.8 Å². The van der Waals surface area contributed by atoms with Gasteiger partial charge in [-0.2, -0.15) is 0 Å². The highest BCUT2D eigenvalue weighted by molar-refractivity contribution is 4.78. The van der Waals surface area contributed by atoms with Crippen molar-refractivity contribution < 1.29 is 9.84 Å². The number of hydrogen-bond donors (Lipinski definition) is 2. The van der Waals surface area contributed by atoms with Crippen molar-refractivity contribution in [2.45, 2.75) is 18.9 Å². The van der Waals surface area contributed by atoms with E-state index in [-0.39, 0.29) is 6.10 Å². The number of morpholine rings is 1. The molecule has 0 aromatic heterocycles. The number of aliphatic hydroxyl groups is 1. The number of piperidine rings is 1. The molecule has 0 aliphatic carbocycles. The molecule has 0 radical (unpaired) electrons. The number of ether oxygens (including phenoxy) is 1. The van der Waals surface area contributed by atoms with Gasteiger partial charge in [-0.3, -0.25) is 4.90 Å². The fourth-order valence-electron chi connectivity index (χ4n) is 2.40. The van der Waals surface area contributed by atoms with Crippen LogP contribution in [0.3, 0.4) is 0 Å². The molecule has 2 heterocycles. The lowest BCUT2D eigenvalue weighted by Crippen LogP contribution is -2.46. The zero-order valence-corrected chi connectivity index (χ0v) is 9.32. The van der Waals surface area contributed by atoms with Crippen LogP contribution in [0.25, 0.3) is 0 Å². The van der Waals surface area contributed by atoms with Gasteiger partial charge in [-0.05, 0) is 25.3 Å². The van der Waals surface area contributed by atoms with Crippen molar-refractivity contribution in [1.82, 2.24) is 10.2 Å². The van der Waals surface area contributed by atoms with Crippen molar-refractivity contribution in [2.75, 3.05) is 45.9 Å². The molecule has 2 saturated heterocycles. The Balaban J connectivity index is 1.72. The van der Waals surface area contributed by atoms with Gasteiger partial charge in [0.1, 0.15) is 0 Å². The molecule has 0 aromatic carbocycles. The normalized spacial score (nSPS) is 31.4. The van der Waals surface area contributed by atoms with Crippen molar-refractivity contribution in [1.29, 1.82) is 0 Å². The smallest absolute Gasteiger partial charge is 0.0707 e. The fraction of sp³-hybridized carbons (Fsp3) is 1.00. The summed E-state index contributed by atoms with van der Waals surface area (Å²) in [6, 6.07) is 0. The average Bonchev–Trinajstić information content (AvgIpc) is 2.31. The second-order valence-corrected chi connectivity index (χ2v) is 4.59. The lowest BCUT2D eigenvalue weighted by Gasteiger charge is -2.33. The molecule has 2 aliphatic heterocycles. The van der Waals surface area contributed by atoms with Crippen molar-refractivity contribution in [3.63, 3.8) is 0 Å². The van der Waals surface area contributed by atoms with E-state index in [0.717, 1.165) is 45.9 Å². The first-order valence-electron chi connectivity index (χ1n) is 6.05. The Morgan fingerprint density at radius 2 is 2.20 bits per heavy atom. The molecule has 2 atom stereocenters. The Hall–Kier alpha value is -0.160. The molecule has 0 aromatic rings. The highest BCUT2D eigenvalue weighted by Crippen LogP contribution is 2.15. The van der Waals surface area contributed by atoms with Crippen LogP contribution in [0.15, 0.2) is 0 Å². The molecule has 4 nitrogen and oxygen atoms in total. The first-order valence-corrected chi connectivity index (χ1v) is 6.05. The van der Waals surface area contributed by atoms with E-state index < -0.39 is 0 Å². The summed E-state index contributed by atoms with van der Waals surface area (Å²) in [7, 11) is 0. The highest BCUT2D eigenvalue weighted by Gasteiger charge is 2.24. The molecular formula is C11H22N2O2. The molecule has 0 saturated carbocycles. The minimum absolute atomic E-state index is 0.170. The summed E-state index contributed by atoms with van der Waals surface area (Å²) in [4.78, 5) is 2.31. The molecule has 2 N–H and O–H groups in total. The molecule has 2 aliphatic rings. The Morgan fingerprint density at radius 1 is 1.40 bits per heavy atom. The van der Waals surface area contributed by atoms with Crippen LogP contribution in [0, 0.1) is 5.92 Å². The van der Waals surface area contributed by atoms with E-state index in [1.165, 1.54) is 12.8 Å². The van der Waals surface area contributed by atoms with Crippen molar-refractivity contribution >= 4 is 0 Å². The monoisotopic (exact) mass is 214 g/mol. The SMILES string of the molecule is OC(CN1CCOCC1)C1CCCNC1. The van der Waals surface area contributed by atoms with Gasteiger partial charge in [-0.1, -0.05) is 0 Å². The first kappa shape index (κ1) is 11.3. The second kappa shape index (κ2) is 5.80. The van der Waals surface area contributed by atoms with E-state index in [4.69, 9.17) is 4.74 Å². The van der Waals surface area contributed by atoms with Crippen LogP contribution in [-0.4, -0.2) is 62.0 Å². The summed E-state index contributed by atoms with van der Waals surface area (Å²) in [5.74, 6) is 0.446. The van der Waals surface area contributed by atoms with Crippen LogP contribution in [0.2, 0.25) is 0 Å². The zero-order chi connectivity index (χ0) is 10.5. The average molecular weight is 214 g/mol. The predicted molar refractivity (Wildman–Crippen MR) is 58.9 cm³/mol. The molecule has 88 valence electrons. The topological polar surface area (TPSA) is 44.7 Å². The molecule has 2 unspecified atom stereocenters. The Kier molecular flexibility index (Phi) is 4.38. The van der Waals surface area contributed by atoms with E-state index in [2.05, 4.69) is 10.2 Å². The lowest BCUT2D eigenvalue weighted by molar-refractivity contribution is -0.00238. The van der Waals surface area contributed by atoms with Gasteiger partial charge in [0.15, 0.2) is 0 Å². The van der Waals surface area contributed by atoms with Gasteiger partial charge in [0.05, 0.1) is 19.3 Å². The summed E-state index contributed by atoms with van der Waals surface area (Å²) >= 11 is 0. The van der Waals surface area contributed by atoms with Crippen molar-refractivity contribution in [2.24, 2.45) is 5.92 Å². The van der Waals surface area contributed by atoms with Crippen LogP contribution in [0.5, 0.6) is 0 Å². The third-order valence-electron chi connectivity index (χ3n) is 3.43. The largest absolute Gasteiger partial charge is 0.391 e. The molecule has 4 heteroatoms. The van der Waals surface area contributed by atoms with Gasteiger partial charge < -0.3 is 15.2 Å². The maximum Gasteiger partial charge on any atom is 0.0707 e. The maximum atomic E-state index is 10.1. The summed E-state index contributed by atoms with van der Waals surface area (Å²) < 4.78 is 5.29. The Bertz CT molecular complexity index is 177. The summed E-state index contributed by atoms with van der Waals surface area (Å²) in [5, 5.41) is 13.5. The van der Waals surface area contributed by atoms with Gasteiger partial charge >= 0.3 is 0 Å². The standard InChI is InChI=1S/C11H22N2O2/c14-11(10-2-1-3-12-8-10)9-13-4-6-15-7-5-13/h10-12,14H,1-9H2. The van der Waals surface area contributed by atoms with E-state index in [9.17, 15) is 5.11 Å². The van der Waals surface area contributed by atoms with Crippen LogP contribution in [-0.2, 0) is 4.74 Å². The van der Waals surface area contributed by atoms with Crippen LogP contribution >= 0.6 is 0 Å².